The molecule has 0 radical (unpaired) electrons. The summed E-state index contributed by atoms with van der Waals surface area (Å²) in [7, 11) is 0. The number of aromatic nitrogens is 2. The van der Waals surface area contributed by atoms with E-state index in [1.54, 1.807) is 6.92 Å². The predicted molar refractivity (Wildman–Crippen MR) is 91.9 cm³/mol. The number of carbonyl (C=O) groups excluding carboxylic acids is 1. The fourth-order valence-corrected chi connectivity index (χ4v) is 3.04. The van der Waals surface area contributed by atoms with Gasteiger partial charge in [-0.25, -0.2) is 0 Å². The Bertz CT molecular complexity index is 690. The largest absolute Gasteiger partial charge is 0.408 e. The summed E-state index contributed by atoms with van der Waals surface area (Å²) in [4.78, 5) is 16.4. The quantitative estimate of drug-likeness (QED) is 0.843. The van der Waals surface area contributed by atoms with Crippen LogP contribution in [0.2, 0.25) is 0 Å². The van der Waals surface area contributed by atoms with Crippen LogP contribution in [0.3, 0.4) is 0 Å². The van der Waals surface area contributed by atoms with E-state index in [9.17, 15) is 4.79 Å². The first-order valence-corrected chi connectivity index (χ1v) is 8.51. The first-order chi connectivity index (χ1) is 11.6. The average molecular weight is 328 g/mol. The number of piperazine rings is 1. The van der Waals surface area contributed by atoms with Crippen molar-refractivity contribution in [1.29, 1.82) is 0 Å². The molecule has 1 fully saturated rings. The van der Waals surface area contributed by atoms with Crippen LogP contribution in [0.4, 0.5) is 6.01 Å². The highest BCUT2D eigenvalue weighted by atomic mass is 16.4. The van der Waals surface area contributed by atoms with Crippen LogP contribution in [0.5, 0.6) is 0 Å². The van der Waals surface area contributed by atoms with E-state index >= 15 is 0 Å². The van der Waals surface area contributed by atoms with Crippen LogP contribution in [0.15, 0.2) is 28.7 Å². The number of hydrogen-bond acceptors (Lipinski definition) is 5. The zero-order chi connectivity index (χ0) is 16.9. The zero-order valence-corrected chi connectivity index (χ0v) is 14.4. The lowest BCUT2D eigenvalue weighted by molar-refractivity contribution is -0.131. The van der Waals surface area contributed by atoms with Gasteiger partial charge in [-0.2, -0.15) is 0 Å². The van der Waals surface area contributed by atoms with Gasteiger partial charge >= 0.3 is 6.01 Å². The Hall–Kier alpha value is -2.37. The van der Waals surface area contributed by atoms with Gasteiger partial charge in [0, 0.05) is 39.5 Å². The van der Waals surface area contributed by atoms with Crippen molar-refractivity contribution in [1.82, 2.24) is 15.1 Å². The summed E-state index contributed by atoms with van der Waals surface area (Å²) in [6, 6.07) is 8.93. The maximum absolute atomic E-state index is 12.4. The molecule has 6 heteroatoms. The normalized spacial score (nSPS) is 14.9. The Morgan fingerprint density at radius 3 is 2.54 bits per heavy atom. The molecule has 6 nitrogen and oxygen atoms in total. The van der Waals surface area contributed by atoms with E-state index in [-0.39, 0.29) is 5.91 Å². The molecule has 0 bridgehead atoms. The second-order valence-corrected chi connectivity index (χ2v) is 6.25. The summed E-state index contributed by atoms with van der Waals surface area (Å²) in [6.07, 6.45) is 2.46. The molecule has 0 unspecified atom stereocenters. The lowest BCUT2D eigenvalue weighted by Crippen LogP contribution is -2.48. The van der Waals surface area contributed by atoms with E-state index in [4.69, 9.17) is 4.42 Å². The molecular weight excluding hydrogens is 304 g/mol. The molecule has 0 saturated carbocycles. The summed E-state index contributed by atoms with van der Waals surface area (Å²) < 4.78 is 5.44. The molecule has 0 spiro atoms. The first kappa shape index (κ1) is 16.5. The van der Waals surface area contributed by atoms with Crippen LogP contribution in [0.1, 0.15) is 29.9 Å². The molecule has 2 heterocycles. The minimum atomic E-state index is 0.241. The average Bonchev–Trinajstić information content (AvgIpc) is 3.03. The predicted octanol–water partition coefficient (Wildman–Crippen LogP) is 2.36. The highest BCUT2D eigenvalue weighted by Gasteiger charge is 2.23. The standard InChI is InChI=1S/C18H24N4O2/c1-14-6-3-4-7-16(14)8-5-9-17(23)21-10-12-22(13-11-21)18-20-19-15(2)24-18/h3-4,6-7H,5,8-13H2,1-2H3. The van der Waals surface area contributed by atoms with E-state index in [1.165, 1.54) is 11.1 Å². The first-order valence-electron chi connectivity index (χ1n) is 8.51. The molecule has 0 atom stereocenters. The second-order valence-electron chi connectivity index (χ2n) is 6.25. The molecule has 1 aromatic carbocycles. The van der Waals surface area contributed by atoms with Gasteiger partial charge < -0.3 is 14.2 Å². The molecule has 1 saturated heterocycles. The van der Waals surface area contributed by atoms with Crippen molar-refractivity contribution < 1.29 is 9.21 Å². The molecule has 3 rings (SSSR count). The van der Waals surface area contributed by atoms with Crippen LogP contribution in [-0.4, -0.2) is 47.2 Å². The minimum absolute atomic E-state index is 0.241. The Kier molecular flexibility index (Phi) is 5.13. The van der Waals surface area contributed by atoms with E-state index in [0.717, 1.165) is 25.9 Å². The summed E-state index contributed by atoms with van der Waals surface area (Å²) in [5.41, 5.74) is 2.63. The number of aryl methyl sites for hydroxylation is 3. The Balaban J connectivity index is 1.43. The number of rotatable bonds is 5. The molecule has 0 aliphatic carbocycles. The highest BCUT2D eigenvalue weighted by molar-refractivity contribution is 5.76. The number of nitrogens with zero attached hydrogens (tertiary/aromatic N) is 4. The number of amides is 1. The minimum Gasteiger partial charge on any atom is -0.408 e. The van der Waals surface area contributed by atoms with Gasteiger partial charge in [0.15, 0.2) is 0 Å². The van der Waals surface area contributed by atoms with Gasteiger partial charge in [-0.1, -0.05) is 29.4 Å². The third-order valence-corrected chi connectivity index (χ3v) is 4.52. The summed E-state index contributed by atoms with van der Waals surface area (Å²) in [5, 5.41) is 7.89. The molecule has 1 amide bonds. The van der Waals surface area contributed by atoms with Gasteiger partial charge in [-0.05, 0) is 30.9 Å². The zero-order valence-electron chi connectivity index (χ0n) is 14.4. The third kappa shape index (κ3) is 3.93. The number of anilines is 1. The van der Waals surface area contributed by atoms with Crippen molar-refractivity contribution >= 4 is 11.9 Å². The maximum Gasteiger partial charge on any atom is 0.318 e. The smallest absolute Gasteiger partial charge is 0.318 e. The van der Waals surface area contributed by atoms with Gasteiger partial charge in [-0.15, -0.1) is 5.10 Å². The number of carbonyl (C=O) groups is 1. The van der Waals surface area contributed by atoms with Gasteiger partial charge in [-0.3, -0.25) is 4.79 Å². The van der Waals surface area contributed by atoms with Crippen molar-refractivity contribution in [2.45, 2.75) is 33.1 Å². The third-order valence-electron chi connectivity index (χ3n) is 4.52. The highest BCUT2D eigenvalue weighted by Crippen LogP contribution is 2.16. The molecular formula is C18H24N4O2. The van der Waals surface area contributed by atoms with Crippen molar-refractivity contribution in [3.05, 3.63) is 41.3 Å². The van der Waals surface area contributed by atoms with Gasteiger partial charge in [0.05, 0.1) is 0 Å². The van der Waals surface area contributed by atoms with Gasteiger partial charge in [0.25, 0.3) is 0 Å². The van der Waals surface area contributed by atoms with Crippen molar-refractivity contribution in [3.63, 3.8) is 0 Å². The maximum atomic E-state index is 12.4. The van der Waals surface area contributed by atoms with E-state index in [2.05, 4.69) is 35.3 Å². The monoisotopic (exact) mass is 328 g/mol. The summed E-state index contributed by atoms with van der Waals surface area (Å²) in [6.45, 7) is 6.81. The fourth-order valence-electron chi connectivity index (χ4n) is 3.04. The lowest BCUT2D eigenvalue weighted by atomic mass is 10.0. The van der Waals surface area contributed by atoms with Crippen LogP contribution < -0.4 is 4.90 Å². The fraction of sp³-hybridized carbons (Fsp3) is 0.500. The number of hydrogen-bond donors (Lipinski definition) is 0. The van der Waals surface area contributed by atoms with Crippen LogP contribution in [0.25, 0.3) is 0 Å². The Morgan fingerprint density at radius 1 is 1.12 bits per heavy atom. The molecule has 1 aliphatic rings. The van der Waals surface area contributed by atoms with Crippen LogP contribution >= 0.6 is 0 Å². The van der Waals surface area contributed by atoms with Crippen molar-refractivity contribution in [2.24, 2.45) is 0 Å². The van der Waals surface area contributed by atoms with Crippen LogP contribution in [0, 0.1) is 13.8 Å². The SMILES string of the molecule is Cc1nnc(N2CCN(C(=O)CCCc3ccccc3C)CC2)o1. The second kappa shape index (κ2) is 7.47. The molecule has 24 heavy (non-hydrogen) atoms. The van der Waals surface area contributed by atoms with Crippen LogP contribution in [-0.2, 0) is 11.2 Å². The van der Waals surface area contributed by atoms with E-state index in [1.807, 2.05) is 15.9 Å². The molecule has 1 aliphatic heterocycles. The van der Waals surface area contributed by atoms with Gasteiger partial charge in [0.2, 0.25) is 11.8 Å². The molecule has 0 N–H and O–H groups in total. The summed E-state index contributed by atoms with van der Waals surface area (Å²) in [5.74, 6) is 0.810. The number of benzene rings is 1. The van der Waals surface area contributed by atoms with E-state index in [0.29, 0.717) is 31.4 Å². The van der Waals surface area contributed by atoms with Crippen molar-refractivity contribution in [3.8, 4) is 0 Å². The molecule has 128 valence electrons. The topological polar surface area (TPSA) is 62.5 Å². The molecule has 1 aromatic heterocycles. The Labute approximate surface area is 142 Å². The summed E-state index contributed by atoms with van der Waals surface area (Å²) >= 11 is 0. The Morgan fingerprint density at radius 2 is 1.88 bits per heavy atom. The van der Waals surface area contributed by atoms with Crippen molar-refractivity contribution in [2.75, 3.05) is 31.1 Å². The van der Waals surface area contributed by atoms with Gasteiger partial charge in [0.1, 0.15) is 0 Å². The molecule has 2 aromatic rings. The van der Waals surface area contributed by atoms with E-state index < -0.39 is 0 Å². The lowest BCUT2D eigenvalue weighted by Gasteiger charge is -2.33.